The fraction of sp³-hybridized carbons (Fsp3) is 0.619. The van der Waals surface area contributed by atoms with Crippen LogP contribution in [0.2, 0.25) is 0 Å². The van der Waals surface area contributed by atoms with E-state index in [1.807, 2.05) is 42.5 Å². The van der Waals surface area contributed by atoms with Crippen LogP contribution in [0.25, 0.3) is 0 Å². The number of rotatable bonds is 5. The smallest absolute Gasteiger partial charge is 0.193 e. The molecule has 2 aromatic heterocycles. The van der Waals surface area contributed by atoms with E-state index in [0.29, 0.717) is 12.6 Å². The molecule has 30 heavy (non-hydrogen) atoms. The van der Waals surface area contributed by atoms with Crippen LogP contribution in [0.1, 0.15) is 27.5 Å². The van der Waals surface area contributed by atoms with Gasteiger partial charge < -0.3 is 19.7 Å². The lowest BCUT2D eigenvalue weighted by molar-refractivity contribution is -0.00851. The lowest BCUT2D eigenvalue weighted by Crippen LogP contribution is -2.50. The maximum atomic E-state index is 6.00. The molecule has 0 bridgehead atoms. The van der Waals surface area contributed by atoms with E-state index in [9.17, 15) is 0 Å². The predicted molar refractivity (Wildman–Crippen MR) is 119 cm³/mol. The van der Waals surface area contributed by atoms with Crippen molar-refractivity contribution < 1.29 is 9.47 Å². The Balaban J connectivity index is 1.42. The summed E-state index contributed by atoms with van der Waals surface area (Å²) in [6, 6.07) is 4.79. The van der Waals surface area contributed by atoms with E-state index in [-0.39, 0.29) is 6.10 Å². The highest BCUT2D eigenvalue weighted by molar-refractivity contribution is 7.12. The van der Waals surface area contributed by atoms with Gasteiger partial charge in [-0.15, -0.1) is 11.3 Å². The molecule has 4 rings (SSSR count). The van der Waals surface area contributed by atoms with Gasteiger partial charge in [-0.25, -0.2) is 0 Å². The molecule has 2 fully saturated rings. The van der Waals surface area contributed by atoms with E-state index in [4.69, 9.17) is 9.47 Å². The van der Waals surface area contributed by atoms with Crippen molar-refractivity contribution in [1.82, 2.24) is 24.9 Å². The van der Waals surface area contributed by atoms with Crippen molar-refractivity contribution in [3.8, 4) is 0 Å². The van der Waals surface area contributed by atoms with Crippen LogP contribution in [-0.4, -0.2) is 85.1 Å². The summed E-state index contributed by atoms with van der Waals surface area (Å²) in [4.78, 5) is 12.1. The molecule has 0 aliphatic carbocycles. The van der Waals surface area contributed by atoms with E-state index in [1.165, 1.54) is 9.75 Å². The first-order chi connectivity index (χ1) is 14.6. The van der Waals surface area contributed by atoms with E-state index in [0.717, 1.165) is 57.5 Å². The Morgan fingerprint density at radius 2 is 2.13 bits per heavy atom. The van der Waals surface area contributed by atoms with Gasteiger partial charge >= 0.3 is 0 Å². The molecule has 2 atom stereocenters. The third-order valence-electron chi connectivity index (χ3n) is 5.70. The fourth-order valence-corrected chi connectivity index (χ4v) is 5.11. The van der Waals surface area contributed by atoms with E-state index in [2.05, 4.69) is 44.3 Å². The highest BCUT2D eigenvalue weighted by Gasteiger charge is 2.28. The van der Waals surface area contributed by atoms with Crippen LogP contribution in [0, 0.1) is 6.92 Å². The van der Waals surface area contributed by atoms with Gasteiger partial charge in [0.15, 0.2) is 5.96 Å². The van der Waals surface area contributed by atoms with Gasteiger partial charge in [0.05, 0.1) is 38.6 Å². The third kappa shape index (κ3) is 5.03. The molecule has 0 saturated carbocycles. The molecule has 2 aliphatic rings. The number of nitrogens with zero attached hydrogens (tertiary/aromatic N) is 5. The number of aliphatic imine (C=N–C) groups is 1. The van der Waals surface area contributed by atoms with Crippen molar-refractivity contribution in [2.24, 2.45) is 12.0 Å². The zero-order chi connectivity index (χ0) is 20.9. The number of morpholine rings is 2. The first-order valence-corrected chi connectivity index (χ1v) is 11.4. The number of ether oxygens (including phenoxy) is 2. The lowest BCUT2D eigenvalue weighted by Gasteiger charge is -2.37. The normalized spacial score (nSPS) is 22.3. The van der Waals surface area contributed by atoms with Gasteiger partial charge in [-0.3, -0.25) is 14.6 Å². The zero-order valence-electron chi connectivity index (χ0n) is 18.1. The molecule has 0 spiro atoms. The van der Waals surface area contributed by atoms with Crippen LogP contribution in [0.5, 0.6) is 0 Å². The van der Waals surface area contributed by atoms with Crippen molar-refractivity contribution in [1.29, 1.82) is 0 Å². The Hall–Kier alpha value is -1.94. The van der Waals surface area contributed by atoms with Crippen LogP contribution in [-0.2, 0) is 16.5 Å². The molecule has 0 radical (unpaired) electrons. The third-order valence-corrected chi connectivity index (χ3v) is 6.81. The van der Waals surface area contributed by atoms with Gasteiger partial charge in [-0.2, -0.15) is 5.10 Å². The summed E-state index contributed by atoms with van der Waals surface area (Å²) >= 11 is 1.88. The molecule has 1 N–H and O–H groups in total. The molecule has 2 aromatic rings. The first kappa shape index (κ1) is 21.3. The second kappa shape index (κ2) is 9.91. The number of hydrogen-bond donors (Lipinski definition) is 1. The lowest BCUT2D eigenvalue weighted by atomic mass is 10.1. The molecule has 9 heteroatoms. The number of aryl methyl sites for hydroxylation is 2. The van der Waals surface area contributed by atoms with Crippen molar-refractivity contribution in [2.75, 3.05) is 59.6 Å². The molecule has 164 valence electrons. The molecule has 8 nitrogen and oxygen atoms in total. The largest absolute Gasteiger partial charge is 0.379 e. The predicted octanol–water partition coefficient (Wildman–Crippen LogP) is 1.81. The van der Waals surface area contributed by atoms with E-state index < -0.39 is 0 Å². The minimum atomic E-state index is 0.0148. The van der Waals surface area contributed by atoms with E-state index >= 15 is 0 Å². The van der Waals surface area contributed by atoms with Crippen LogP contribution in [0.4, 0.5) is 0 Å². The second-order valence-corrected chi connectivity index (χ2v) is 9.11. The topological polar surface area (TPSA) is 67.2 Å². The van der Waals surface area contributed by atoms with Crippen molar-refractivity contribution in [3.05, 3.63) is 39.8 Å². The Morgan fingerprint density at radius 1 is 1.30 bits per heavy atom. The van der Waals surface area contributed by atoms with Gasteiger partial charge in [0.2, 0.25) is 0 Å². The maximum Gasteiger partial charge on any atom is 0.193 e. The molecule has 2 aliphatic heterocycles. The average Bonchev–Trinajstić information content (AvgIpc) is 3.40. The van der Waals surface area contributed by atoms with E-state index in [1.54, 1.807) is 0 Å². The first-order valence-electron chi connectivity index (χ1n) is 10.6. The number of hydrogen-bond acceptors (Lipinski definition) is 6. The summed E-state index contributed by atoms with van der Waals surface area (Å²) in [6.07, 6.45) is 3.93. The van der Waals surface area contributed by atoms with Crippen molar-refractivity contribution in [2.45, 2.75) is 19.1 Å². The Bertz CT molecular complexity index is 844. The molecular weight excluding hydrogens is 400 g/mol. The molecule has 0 aromatic carbocycles. The van der Waals surface area contributed by atoms with Crippen LogP contribution < -0.4 is 5.32 Å². The van der Waals surface area contributed by atoms with Gasteiger partial charge in [0.25, 0.3) is 0 Å². The van der Waals surface area contributed by atoms with Crippen LogP contribution >= 0.6 is 11.3 Å². The quantitative estimate of drug-likeness (QED) is 0.574. The Kier molecular flexibility index (Phi) is 7.04. The summed E-state index contributed by atoms with van der Waals surface area (Å²) in [6.45, 7) is 8.78. The SMILES string of the molecule is CN=C(NCC(c1ccc(C)s1)N1CCOCC1)N1CCOC(c2cnn(C)c2)C1. The minimum Gasteiger partial charge on any atom is -0.379 e. The van der Waals surface area contributed by atoms with Crippen molar-refractivity contribution >= 4 is 17.3 Å². The molecular formula is C21H32N6O2S. The van der Waals surface area contributed by atoms with Crippen molar-refractivity contribution in [3.63, 3.8) is 0 Å². The highest BCUT2D eigenvalue weighted by atomic mass is 32.1. The number of guanidine groups is 1. The second-order valence-electron chi connectivity index (χ2n) is 7.79. The average molecular weight is 433 g/mol. The summed E-state index contributed by atoms with van der Waals surface area (Å²) in [5.74, 6) is 0.929. The monoisotopic (exact) mass is 432 g/mol. The highest BCUT2D eigenvalue weighted by Crippen LogP contribution is 2.28. The molecule has 2 unspecified atom stereocenters. The fourth-order valence-electron chi connectivity index (χ4n) is 4.10. The maximum absolute atomic E-state index is 6.00. The molecule has 4 heterocycles. The van der Waals surface area contributed by atoms with Gasteiger partial charge in [-0.05, 0) is 19.1 Å². The summed E-state index contributed by atoms with van der Waals surface area (Å²) in [5, 5.41) is 7.93. The van der Waals surface area contributed by atoms with Gasteiger partial charge in [0, 0.05) is 61.8 Å². The Morgan fingerprint density at radius 3 is 2.80 bits per heavy atom. The standard InChI is InChI=1S/C21H32N6O2S/c1-16-4-5-20(30-16)18(26-6-9-28-10-7-26)13-23-21(22-2)27-8-11-29-19(15-27)17-12-24-25(3)14-17/h4-5,12,14,18-19H,6-11,13,15H2,1-3H3,(H,22,23). The van der Waals surface area contributed by atoms with Crippen LogP contribution in [0.15, 0.2) is 29.5 Å². The van der Waals surface area contributed by atoms with Gasteiger partial charge in [0.1, 0.15) is 6.10 Å². The summed E-state index contributed by atoms with van der Waals surface area (Å²) < 4.78 is 13.4. The number of aromatic nitrogens is 2. The molecule has 0 amide bonds. The number of nitrogens with one attached hydrogen (secondary N) is 1. The van der Waals surface area contributed by atoms with Gasteiger partial charge in [-0.1, -0.05) is 0 Å². The number of thiophene rings is 1. The van der Waals surface area contributed by atoms with Crippen LogP contribution in [0.3, 0.4) is 0 Å². The zero-order valence-corrected chi connectivity index (χ0v) is 18.9. The Labute approximate surface area is 182 Å². The minimum absolute atomic E-state index is 0.0148. The summed E-state index contributed by atoms with van der Waals surface area (Å²) in [7, 11) is 3.79. The summed E-state index contributed by atoms with van der Waals surface area (Å²) in [5.41, 5.74) is 1.11. The molecule has 2 saturated heterocycles.